The fourth-order valence-electron chi connectivity index (χ4n) is 1.51. The van der Waals surface area contributed by atoms with Crippen molar-refractivity contribution in [3.05, 3.63) is 38.3 Å². The number of nitrogens with zero attached hydrogens (tertiary/aromatic N) is 1. The number of aliphatic hydroxyl groups is 1. The van der Waals surface area contributed by atoms with Gasteiger partial charge >= 0.3 is 0 Å². The normalized spacial score (nSPS) is 11.9. The van der Waals surface area contributed by atoms with Crippen molar-refractivity contribution in [1.29, 1.82) is 0 Å². The fraction of sp³-hybridized carbons (Fsp3) is 0.417. The highest BCUT2D eigenvalue weighted by atomic mass is 79.9. The monoisotopic (exact) mass is 330 g/mol. The highest BCUT2D eigenvalue weighted by Crippen LogP contribution is 2.21. The van der Waals surface area contributed by atoms with Crippen LogP contribution >= 0.6 is 15.9 Å². The van der Waals surface area contributed by atoms with E-state index in [1.54, 1.807) is 6.92 Å². The molecule has 0 saturated carbocycles. The van der Waals surface area contributed by atoms with E-state index >= 15 is 0 Å². The maximum absolute atomic E-state index is 11.8. The molecule has 0 bridgehead atoms. The molecular formula is C12H15BrN2O4. The average molecular weight is 331 g/mol. The maximum Gasteiger partial charge on any atom is 0.271 e. The molecule has 0 aliphatic rings. The van der Waals surface area contributed by atoms with Gasteiger partial charge in [0.2, 0.25) is 0 Å². The van der Waals surface area contributed by atoms with Crippen molar-refractivity contribution in [2.45, 2.75) is 25.9 Å². The lowest BCUT2D eigenvalue weighted by Crippen LogP contribution is -2.25. The molecule has 2 N–H and O–H groups in total. The summed E-state index contributed by atoms with van der Waals surface area (Å²) in [7, 11) is 0. The van der Waals surface area contributed by atoms with E-state index in [1.165, 1.54) is 18.2 Å². The molecular weight excluding hydrogens is 316 g/mol. The first kappa shape index (κ1) is 15.6. The molecule has 0 spiro atoms. The van der Waals surface area contributed by atoms with E-state index in [1.807, 2.05) is 0 Å². The van der Waals surface area contributed by atoms with Crippen LogP contribution in [-0.2, 0) is 0 Å². The van der Waals surface area contributed by atoms with Gasteiger partial charge in [-0.1, -0.05) is 15.9 Å². The van der Waals surface area contributed by atoms with Gasteiger partial charge in [0.05, 0.1) is 11.0 Å². The average Bonchev–Trinajstić information content (AvgIpc) is 2.33. The van der Waals surface area contributed by atoms with Crippen molar-refractivity contribution < 1.29 is 14.8 Å². The van der Waals surface area contributed by atoms with Gasteiger partial charge in [0.25, 0.3) is 11.6 Å². The van der Waals surface area contributed by atoms with Crippen LogP contribution in [0.4, 0.5) is 5.69 Å². The molecule has 7 heteroatoms. The van der Waals surface area contributed by atoms with Gasteiger partial charge in [-0.3, -0.25) is 14.9 Å². The predicted molar refractivity (Wildman–Crippen MR) is 74.0 cm³/mol. The summed E-state index contributed by atoms with van der Waals surface area (Å²) in [6.07, 6.45) is 0.849. The van der Waals surface area contributed by atoms with Crippen molar-refractivity contribution in [2.75, 3.05) is 6.54 Å². The van der Waals surface area contributed by atoms with Gasteiger partial charge < -0.3 is 10.4 Å². The topological polar surface area (TPSA) is 92.5 Å². The molecule has 1 amide bonds. The number of rotatable bonds is 6. The minimum absolute atomic E-state index is 0.136. The Morgan fingerprint density at radius 2 is 2.21 bits per heavy atom. The standard InChI is InChI=1S/C12H15BrN2O4/c1-8(16)3-2-4-14-12(17)9-5-10(13)7-11(6-9)15(18)19/h5-8,16H,2-4H2,1H3,(H,14,17). The van der Waals surface area contributed by atoms with E-state index in [2.05, 4.69) is 21.2 Å². The molecule has 0 heterocycles. The van der Waals surface area contributed by atoms with E-state index < -0.39 is 11.0 Å². The number of hydrogen-bond donors (Lipinski definition) is 2. The summed E-state index contributed by atoms with van der Waals surface area (Å²) in [6.45, 7) is 2.10. The van der Waals surface area contributed by atoms with Gasteiger partial charge in [0.15, 0.2) is 0 Å². The zero-order valence-electron chi connectivity index (χ0n) is 10.4. The summed E-state index contributed by atoms with van der Waals surface area (Å²) in [6, 6.07) is 4.09. The highest BCUT2D eigenvalue weighted by Gasteiger charge is 2.13. The van der Waals surface area contributed by atoms with Crippen LogP contribution in [0.5, 0.6) is 0 Å². The Balaban J connectivity index is 2.64. The van der Waals surface area contributed by atoms with Crippen molar-refractivity contribution in [1.82, 2.24) is 5.32 Å². The number of hydrogen-bond acceptors (Lipinski definition) is 4. The van der Waals surface area contributed by atoms with Gasteiger partial charge in [-0.15, -0.1) is 0 Å². The van der Waals surface area contributed by atoms with Gasteiger partial charge in [-0.25, -0.2) is 0 Å². The quantitative estimate of drug-likeness (QED) is 0.475. The third kappa shape index (κ3) is 5.35. The zero-order chi connectivity index (χ0) is 14.4. The minimum atomic E-state index is -0.547. The van der Waals surface area contributed by atoms with Crippen molar-refractivity contribution in [3.8, 4) is 0 Å². The van der Waals surface area contributed by atoms with Gasteiger partial charge in [-0.2, -0.15) is 0 Å². The number of aliphatic hydroxyl groups excluding tert-OH is 1. The molecule has 0 aliphatic heterocycles. The molecule has 0 fully saturated rings. The SMILES string of the molecule is CC(O)CCCNC(=O)c1cc(Br)cc([N+](=O)[O-])c1. The van der Waals surface area contributed by atoms with Gasteiger partial charge in [0.1, 0.15) is 0 Å². The Hall–Kier alpha value is -1.47. The van der Waals surface area contributed by atoms with Crippen LogP contribution in [0.25, 0.3) is 0 Å². The molecule has 19 heavy (non-hydrogen) atoms. The fourth-order valence-corrected chi connectivity index (χ4v) is 1.99. The number of nitro groups is 1. The van der Waals surface area contributed by atoms with Crippen molar-refractivity contribution in [3.63, 3.8) is 0 Å². The Morgan fingerprint density at radius 3 is 2.79 bits per heavy atom. The van der Waals surface area contributed by atoms with Crippen LogP contribution < -0.4 is 5.32 Å². The summed E-state index contributed by atoms with van der Waals surface area (Å²) in [5, 5.41) is 22.4. The zero-order valence-corrected chi connectivity index (χ0v) is 12.0. The predicted octanol–water partition coefficient (Wildman–Crippen LogP) is 2.25. The number of amides is 1. The summed E-state index contributed by atoms with van der Waals surface area (Å²) in [4.78, 5) is 21.9. The van der Waals surface area contributed by atoms with E-state index in [0.29, 0.717) is 23.9 Å². The first-order chi connectivity index (χ1) is 8.90. The van der Waals surface area contributed by atoms with Crippen LogP contribution in [-0.4, -0.2) is 28.6 Å². The van der Waals surface area contributed by atoms with E-state index in [-0.39, 0.29) is 17.2 Å². The van der Waals surface area contributed by atoms with Gasteiger partial charge in [-0.05, 0) is 25.8 Å². The molecule has 0 radical (unpaired) electrons. The molecule has 104 valence electrons. The van der Waals surface area contributed by atoms with Crippen LogP contribution in [0.2, 0.25) is 0 Å². The second-order valence-corrected chi connectivity index (χ2v) is 5.12. The molecule has 6 nitrogen and oxygen atoms in total. The second-order valence-electron chi connectivity index (χ2n) is 4.20. The summed E-state index contributed by atoms with van der Waals surface area (Å²) < 4.78 is 0.482. The molecule has 0 aliphatic carbocycles. The molecule has 1 aromatic carbocycles. The molecule has 1 unspecified atom stereocenters. The number of benzene rings is 1. The molecule has 0 aromatic heterocycles. The Bertz CT molecular complexity index is 477. The molecule has 1 aromatic rings. The van der Waals surface area contributed by atoms with E-state index in [9.17, 15) is 14.9 Å². The minimum Gasteiger partial charge on any atom is -0.393 e. The maximum atomic E-state index is 11.8. The van der Waals surface area contributed by atoms with Crippen molar-refractivity contribution in [2.24, 2.45) is 0 Å². The lowest BCUT2D eigenvalue weighted by Gasteiger charge is -2.07. The Kier molecular flexibility index (Phi) is 5.91. The lowest BCUT2D eigenvalue weighted by atomic mass is 10.2. The Morgan fingerprint density at radius 1 is 1.53 bits per heavy atom. The third-order valence-electron chi connectivity index (χ3n) is 2.44. The number of carbonyl (C=O) groups excluding carboxylic acids is 1. The van der Waals surface area contributed by atoms with Gasteiger partial charge in [0, 0.05) is 28.7 Å². The largest absolute Gasteiger partial charge is 0.393 e. The van der Waals surface area contributed by atoms with E-state index in [0.717, 1.165) is 0 Å². The number of non-ortho nitro benzene ring substituents is 1. The van der Waals surface area contributed by atoms with Crippen molar-refractivity contribution >= 4 is 27.5 Å². The van der Waals surface area contributed by atoms with Crippen LogP contribution in [0.1, 0.15) is 30.1 Å². The summed E-state index contributed by atoms with van der Waals surface area (Å²) in [5.41, 5.74) is 0.0987. The summed E-state index contributed by atoms with van der Waals surface area (Å²) in [5.74, 6) is -0.366. The second kappa shape index (κ2) is 7.20. The first-order valence-corrected chi connectivity index (χ1v) is 6.60. The summed E-state index contributed by atoms with van der Waals surface area (Å²) >= 11 is 3.13. The first-order valence-electron chi connectivity index (χ1n) is 5.81. The highest BCUT2D eigenvalue weighted by molar-refractivity contribution is 9.10. The van der Waals surface area contributed by atoms with Crippen LogP contribution in [0.15, 0.2) is 22.7 Å². The Labute approximate surface area is 119 Å². The molecule has 0 saturated heterocycles. The lowest BCUT2D eigenvalue weighted by molar-refractivity contribution is -0.385. The number of nitrogens with one attached hydrogen (secondary N) is 1. The molecule has 1 rings (SSSR count). The molecule has 1 atom stereocenters. The number of carbonyl (C=O) groups is 1. The third-order valence-corrected chi connectivity index (χ3v) is 2.90. The van der Waals surface area contributed by atoms with E-state index in [4.69, 9.17) is 5.11 Å². The smallest absolute Gasteiger partial charge is 0.271 e. The number of halogens is 1. The van der Waals surface area contributed by atoms with Crippen LogP contribution in [0.3, 0.4) is 0 Å². The van der Waals surface area contributed by atoms with Crippen LogP contribution in [0, 0.1) is 10.1 Å². The number of nitro benzene ring substituents is 1.